The zero-order valence-electron chi connectivity index (χ0n) is 19.4. The Morgan fingerprint density at radius 3 is 2.27 bits per heavy atom. The molecule has 5 heteroatoms. The number of hydrogen-bond acceptors (Lipinski definition) is 3. The maximum Gasteiger partial charge on any atom is 0.266 e. The van der Waals surface area contributed by atoms with Crippen LogP contribution in [-0.2, 0) is 6.42 Å². The van der Waals surface area contributed by atoms with Gasteiger partial charge >= 0.3 is 0 Å². The Hall–Kier alpha value is -3.73. The van der Waals surface area contributed by atoms with Crippen LogP contribution in [0.1, 0.15) is 55.0 Å². The fourth-order valence-corrected chi connectivity index (χ4v) is 4.16. The Balaban J connectivity index is 1.86. The molecule has 0 N–H and O–H groups in total. The van der Waals surface area contributed by atoms with Gasteiger partial charge in [-0.15, -0.1) is 0 Å². The van der Waals surface area contributed by atoms with Crippen molar-refractivity contribution in [3.05, 3.63) is 106 Å². The minimum absolute atomic E-state index is 0.0611. The number of carbonyl (C=O) groups excluding carboxylic acids is 1. The number of benzene rings is 3. The van der Waals surface area contributed by atoms with E-state index in [1.54, 1.807) is 10.6 Å². The largest absolute Gasteiger partial charge is 0.329 e. The van der Waals surface area contributed by atoms with Gasteiger partial charge in [0.25, 0.3) is 11.5 Å². The van der Waals surface area contributed by atoms with Gasteiger partial charge in [-0.05, 0) is 61.7 Å². The molecule has 1 amide bonds. The summed E-state index contributed by atoms with van der Waals surface area (Å²) in [4.78, 5) is 33.8. The summed E-state index contributed by atoms with van der Waals surface area (Å²) in [5.41, 5.74) is 3.06. The number of rotatable bonds is 7. The van der Waals surface area contributed by atoms with Gasteiger partial charge in [0.1, 0.15) is 5.82 Å². The van der Waals surface area contributed by atoms with Crippen LogP contribution < -0.4 is 5.56 Å². The van der Waals surface area contributed by atoms with Crippen molar-refractivity contribution in [3.63, 3.8) is 0 Å². The van der Waals surface area contributed by atoms with Crippen LogP contribution in [-0.4, -0.2) is 26.9 Å². The number of carbonyl (C=O) groups is 1. The average Bonchev–Trinajstić information content (AvgIpc) is 2.87. The van der Waals surface area contributed by atoms with Crippen LogP contribution in [0.15, 0.2) is 83.7 Å². The maximum absolute atomic E-state index is 13.6. The molecule has 0 spiro atoms. The number of aryl methyl sites for hydroxylation is 1. The normalized spacial score (nSPS) is 12.0. The van der Waals surface area contributed by atoms with E-state index in [1.165, 1.54) is 5.56 Å². The Bertz CT molecular complexity index is 1310. The van der Waals surface area contributed by atoms with E-state index >= 15 is 0 Å². The molecule has 0 fully saturated rings. The molecule has 168 valence electrons. The number of nitrogens with zero attached hydrogens (tertiary/aromatic N) is 3. The first kappa shape index (κ1) is 22.5. The lowest BCUT2D eigenvalue weighted by molar-refractivity contribution is 0.0681. The Morgan fingerprint density at radius 1 is 0.939 bits per heavy atom. The molecule has 0 saturated heterocycles. The molecule has 0 bridgehead atoms. The number of fused-ring (bicyclic) bond motifs is 1. The van der Waals surface area contributed by atoms with E-state index < -0.39 is 6.04 Å². The van der Waals surface area contributed by atoms with E-state index in [9.17, 15) is 9.59 Å². The van der Waals surface area contributed by atoms with Gasteiger partial charge in [-0.3, -0.25) is 14.2 Å². The van der Waals surface area contributed by atoms with Gasteiger partial charge in [-0.25, -0.2) is 4.98 Å². The molecule has 5 nitrogen and oxygen atoms in total. The number of para-hydroxylation sites is 2. The summed E-state index contributed by atoms with van der Waals surface area (Å²) in [6.07, 6.45) is 1.72. The topological polar surface area (TPSA) is 55.2 Å². The smallest absolute Gasteiger partial charge is 0.266 e. The summed E-state index contributed by atoms with van der Waals surface area (Å²) in [6.45, 7) is 6.65. The minimum Gasteiger partial charge on any atom is -0.329 e. The number of aromatic nitrogens is 2. The predicted octanol–water partition coefficient (Wildman–Crippen LogP) is 5.56. The highest BCUT2D eigenvalue weighted by Crippen LogP contribution is 2.25. The van der Waals surface area contributed by atoms with Crippen LogP contribution in [0.4, 0.5) is 0 Å². The van der Waals surface area contributed by atoms with Crippen LogP contribution in [0.25, 0.3) is 16.6 Å². The SMILES string of the molecule is CCCN(C(=O)c1ccc(CC)cc1)C(C)c1nc2ccccc2c(=O)n1-c1ccccc1. The van der Waals surface area contributed by atoms with Crippen LogP contribution >= 0.6 is 0 Å². The molecule has 1 heterocycles. The van der Waals surface area contributed by atoms with Crippen molar-refractivity contribution in [1.29, 1.82) is 0 Å². The standard InChI is InChI=1S/C28H29N3O2/c1-4-19-30(27(32)22-17-15-21(5-2)16-18-22)20(3)26-29-25-14-10-9-13-24(25)28(33)31(26)23-11-7-6-8-12-23/h6-18,20H,4-5,19H2,1-3H3. The fraction of sp³-hybridized carbons (Fsp3) is 0.250. The first-order valence-corrected chi connectivity index (χ1v) is 11.5. The highest BCUT2D eigenvalue weighted by Gasteiger charge is 2.27. The first-order valence-electron chi connectivity index (χ1n) is 11.5. The molecule has 1 atom stereocenters. The second-order valence-electron chi connectivity index (χ2n) is 8.19. The van der Waals surface area contributed by atoms with Crippen molar-refractivity contribution in [2.24, 2.45) is 0 Å². The van der Waals surface area contributed by atoms with E-state index in [1.807, 2.05) is 91.5 Å². The first-order chi connectivity index (χ1) is 16.0. The zero-order chi connectivity index (χ0) is 23.4. The monoisotopic (exact) mass is 439 g/mol. The van der Waals surface area contributed by atoms with Crippen LogP contribution in [0.2, 0.25) is 0 Å². The van der Waals surface area contributed by atoms with Gasteiger partial charge in [0, 0.05) is 12.1 Å². The van der Waals surface area contributed by atoms with Crippen LogP contribution in [0, 0.1) is 0 Å². The van der Waals surface area contributed by atoms with E-state index in [2.05, 4.69) is 6.92 Å². The lowest BCUT2D eigenvalue weighted by Crippen LogP contribution is -2.38. The molecule has 1 unspecified atom stereocenters. The van der Waals surface area contributed by atoms with Gasteiger partial charge in [0.2, 0.25) is 0 Å². The van der Waals surface area contributed by atoms with Crippen molar-refractivity contribution in [2.45, 2.75) is 39.7 Å². The van der Waals surface area contributed by atoms with Crippen molar-refractivity contribution >= 4 is 16.8 Å². The molecule has 33 heavy (non-hydrogen) atoms. The Morgan fingerprint density at radius 2 is 1.61 bits per heavy atom. The summed E-state index contributed by atoms with van der Waals surface area (Å²) >= 11 is 0. The minimum atomic E-state index is -0.402. The highest BCUT2D eigenvalue weighted by atomic mass is 16.2. The van der Waals surface area contributed by atoms with Gasteiger partial charge in [-0.1, -0.05) is 56.3 Å². The maximum atomic E-state index is 13.6. The second-order valence-corrected chi connectivity index (χ2v) is 8.19. The summed E-state index contributed by atoms with van der Waals surface area (Å²) < 4.78 is 1.64. The van der Waals surface area contributed by atoms with Crippen molar-refractivity contribution in [2.75, 3.05) is 6.54 Å². The molecule has 4 rings (SSSR count). The Labute approximate surface area is 194 Å². The summed E-state index contributed by atoms with van der Waals surface area (Å²) in [5.74, 6) is 0.492. The molecular formula is C28H29N3O2. The third-order valence-electron chi connectivity index (χ3n) is 5.99. The highest BCUT2D eigenvalue weighted by molar-refractivity contribution is 5.94. The van der Waals surface area contributed by atoms with E-state index in [0.717, 1.165) is 18.5 Å². The molecule has 0 saturated carbocycles. The third-order valence-corrected chi connectivity index (χ3v) is 5.99. The second kappa shape index (κ2) is 9.82. The zero-order valence-corrected chi connectivity index (χ0v) is 19.4. The van der Waals surface area contributed by atoms with E-state index in [0.29, 0.717) is 28.8 Å². The molecule has 0 radical (unpaired) electrons. The summed E-state index contributed by atoms with van der Waals surface area (Å²) in [7, 11) is 0. The van der Waals surface area contributed by atoms with Crippen LogP contribution in [0.3, 0.4) is 0 Å². The number of hydrogen-bond donors (Lipinski definition) is 0. The molecule has 1 aromatic heterocycles. The molecule has 0 aliphatic heterocycles. The summed E-state index contributed by atoms with van der Waals surface area (Å²) in [6, 6.07) is 24.2. The lowest BCUT2D eigenvalue weighted by Gasteiger charge is -2.30. The molecule has 4 aromatic rings. The quantitative estimate of drug-likeness (QED) is 0.379. The predicted molar refractivity (Wildman–Crippen MR) is 133 cm³/mol. The molecule has 0 aliphatic rings. The number of amides is 1. The third kappa shape index (κ3) is 4.44. The van der Waals surface area contributed by atoms with E-state index in [-0.39, 0.29) is 11.5 Å². The molecular weight excluding hydrogens is 410 g/mol. The van der Waals surface area contributed by atoms with Crippen LogP contribution in [0.5, 0.6) is 0 Å². The summed E-state index contributed by atoms with van der Waals surface area (Å²) in [5, 5.41) is 0.556. The molecule has 3 aromatic carbocycles. The Kier molecular flexibility index (Phi) is 6.68. The van der Waals surface area contributed by atoms with Gasteiger partial charge in [-0.2, -0.15) is 0 Å². The van der Waals surface area contributed by atoms with Crippen molar-refractivity contribution < 1.29 is 4.79 Å². The van der Waals surface area contributed by atoms with Gasteiger partial charge < -0.3 is 4.90 Å². The van der Waals surface area contributed by atoms with E-state index in [4.69, 9.17) is 4.98 Å². The van der Waals surface area contributed by atoms with Gasteiger partial charge in [0.05, 0.1) is 22.6 Å². The average molecular weight is 440 g/mol. The fourth-order valence-electron chi connectivity index (χ4n) is 4.16. The van der Waals surface area contributed by atoms with Gasteiger partial charge in [0.15, 0.2) is 0 Å². The van der Waals surface area contributed by atoms with Crippen molar-refractivity contribution in [3.8, 4) is 5.69 Å². The molecule has 0 aliphatic carbocycles. The van der Waals surface area contributed by atoms with Crippen molar-refractivity contribution in [1.82, 2.24) is 14.5 Å². The lowest BCUT2D eigenvalue weighted by atomic mass is 10.1.